The summed E-state index contributed by atoms with van der Waals surface area (Å²) in [4.78, 5) is 17.4. The van der Waals surface area contributed by atoms with Gasteiger partial charge in [0.1, 0.15) is 6.73 Å². The van der Waals surface area contributed by atoms with E-state index in [1.165, 1.54) is 6.20 Å². The molecule has 4 heterocycles. The van der Waals surface area contributed by atoms with Crippen LogP contribution in [-0.2, 0) is 22.8 Å². The topological polar surface area (TPSA) is 120 Å². The second kappa shape index (κ2) is 10.1. The number of rotatable bonds is 6. The van der Waals surface area contributed by atoms with Gasteiger partial charge in [0.05, 0.1) is 36.8 Å². The van der Waals surface area contributed by atoms with Crippen LogP contribution < -0.4 is 16.0 Å². The van der Waals surface area contributed by atoms with E-state index in [4.69, 9.17) is 9.47 Å². The van der Waals surface area contributed by atoms with Crippen molar-refractivity contribution in [3.05, 3.63) is 41.9 Å². The highest BCUT2D eigenvalue weighted by Gasteiger charge is 2.20. The lowest BCUT2D eigenvalue weighted by atomic mass is 10.1. The maximum Gasteiger partial charge on any atom is 0.271 e. The van der Waals surface area contributed by atoms with Crippen LogP contribution in [0.15, 0.2) is 30.6 Å². The van der Waals surface area contributed by atoms with Crippen molar-refractivity contribution in [3.63, 3.8) is 0 Å². The number of nitrogens with zero attached hydrogens (tertiary/aromatic N) is 5. The highest BCUT2D eigenvalue weighted by molar-refractivity contribution is 6.76. The van der Waals surface area contributed by atoms with Gasteiger partial charge in [-0.15, -0.1) is 5.10 Å². The molecule has 3 N–H and O–H groups in total. The Labute approximate surface area is 216 Å². The Hall–Kier alpha value is -3.48. The summed E-state index contributed by atoms with van der Waals surface area (Å²) >= 11 is 0. The first kappa shape index (κ1) is 25.2. The Morgan fingerprint density at radius 2 is 2.08 bits per heavy atom. The zero-order chi connectivity index (χ0) is 26.2. The molecule has 0 radical (unpaired) electrons. The number of carbonyl (C=O) groups is 1. The molecule has 12 heteroatoms. The third-order valence-corrected chi connectivity index (χ3v) is 8.01. The van der Waals surface area contributed by atoms with Crippen molar-refractivity contribution in [1.82, 2.24) is 29.7 Å². The maximum absolute atomic E-state index is 12.9. The second-order valence-electron chi connectivity index (χ2n) is 10.6. The van der Waals surface area contributed by atoms with Crippen LogP contribution in [-0.4, -0.2) is 64.7 Å². The van der Waals surface area contributed by atoms with Gasteiger partial charge >= 0.3 is 0 Å². The number of nitrogens with one attached hydrogen (secondary N) is 3. The number of benzene rings is 1. The largest absolute Gasteiger partial charge is 0.385 e. The average Bonchev–Trinajstić information content (AvgIpc) is 3.44. The lowest BCUT2D eigenvalue weighted by Crippen LogP contribution is -2.36. The summed E-state index contributed by atoms with van der Waals surface area (Å²) in [6, 6.07) is 6.86. The molecule has 4 bridgehead atoms. The van der Waals surface area contributed by atoms with Crippen LogP contribution in [0.4, 0.5) is 17.2 Å². The number of aromatic nitrogens is 5. The Bertz CT molecular complexity index is 1440. The first-order valence-electron chi connectivity index (χ1n) is 12.5. The number of fused-ring (bicyclic) bond motifs is 5. The quantitative estimate of drug-likeness (QED) is 0.258. The Morgan fingerprint density at radius 1 is 1.24 bits per heavy atom. The number of hydrogen-bond donors (Lipinski definition) is 3. The molecular formula is C25H34N8O3Si. The van der Waals surface area contributed by atoms with E-state index in [9.17, 15) is 4.79 Å². The molecule has 1 atom stereocenters. The first-order chi connectivity index (χ1) is 17.7. The molecule has 1 amide bonds. The van der Waals surface area contributed by atoms with E-state index in [1.54, 1.807) is 4.52 Å². The number of anilines is 3. The molecule has 0 unspecified atom stereocenters. The number of carbonyl (C=O) groups excluding carboxylic acids is 1. The van der Waals surface area contributed by atoms with Gasteiger partial charge in [0.2, 0.25) is 0 Å². The summed E-state index contributed by atoms with van der Waals surface area (Å²) in [7, 11) is 0.645. The van der Waals surface area contributed by atoms with Gasteiger partial charge in [-0.2, -0.15) is 5.10 Å². The predicted octanol–water partition coefficient (Wildman–Crippen LogP) is 3.83. The molecule has 11 nitrogen and oxygen atoms in total. The van der Waals surface area contributed by atoms with E-state index in [-0.39, 0.29) is 11.9 Å². The highest BCUT2D eigenvalue weighted by Crippen LogP contribution is 2.29. The molecular weight excluding hydrogens is 488 g/mol. The summed E-state index contributed by atoms with van der Waals surface area (Å²) in [5.41, 5.74) is 4.44. The lowest BCUT2D eigenvalue weighted by Gasteiger charge is -2.17. The van der Waals surface area contributed by atoms with Gasteiger partial charge in [-0.1, -0.05) is 19.6 Å². The van der Waals surface area contributed by atoms with E-state index in [0.29, 0.717) is 37.1 Å². The van der Waals surface area contributed by atoms with Crippen molar-refractivity contribution in [3.8, 4) is 0 Å². The van der Waals surface area contributed by atoms with Crippen LogP contribution in [0, 0.1) is 0 Å². The molecule has 4 aromatic rings. The summed E-state index contributed by atoms with van der Waals surface area (Å²) in [6.45, 7) is 10.8. The van der Waals surface area contributed by atoms with Gasteiger partial charge in [0, 0.05) is 44.9 Å². The van der Waals surface area contributed by atoms with Gasteiger partial charge in [-0.3, -0.25) is 4.79 Å². The lowest BCUT2D eigenvalue weighted by molar-refractivity contribution is 0.0815. The third kappa shape index (κ3) is 5.45. The summed E-state index contributed by atoms with van der Waals surface area (Å²) in [6.07, 6.45) is 3.39. The van der Waals surface area contributed by atoms with Gasteiger partial charge in [-0.05, 0) is 30.7 Å². The summed E-state index contributed by atoms with van der Waals surface area (Å²) in [5.74, 6) is 0.307. The minimum absolute atomic E-state index is 0.202. The minimum atomic E-state index is -1.17. The Kier molecular flexibility index (Phi) is 6.88. The normalized spacial score (nSPS) is 16.6. The van der Waals surface area contributed by atoms with Gasteiger partial charge in [0.15, 0.2) is 17.2 Å². The van der Waals surface area contributed by atoms with Crippen molar-refractivity contribution >= 4 is 47.7 Å². The molecule has 1 aromatic carbocycles. The van der Waals surface area contributed by atoms with Crippen LogP contribution in [0.25, 0.3) is 16.6 Å². The molecule has 0 saturated heterocycles. The smallest absolute Gasteiger partial charge is 0.271 e. The maximum atomic E-state index is 12.9. The highest BCUT2D eigenvalue weighted by atomic mass is 28.3. The molecule has 0 saturated carbocycles. The van der Waals surface area contributed by atoms with Crippen LogP contribution in [0.1, 0.15) is 23.0 Å². The molecule has 3 aromatic heterocycles. The van der Waals surface area contributed by atoms with Crippen molar-refractivity contribution in [2.45, 2.75) is 52.0 Å². The van der Waals surface area contributed by atoms with E-state index in [2.05, 4.69) is 56.8 Å². The number of amides is 1. The van der Waals surface area contributed by atoms with Crippen molar-refractivity contribution < 1.29 is 14.3 Å². The van der Waals surface area contributed by atoms with Crippen LogP contribution in [0.3, 0.4) is 0 Å². The average molecular weight is 523 g/mol. The van der Waals surface area contributed by atoms with E-state index in [1.807, 2.05) is 37.0 Å². The Morgan fingerprint density at radius 3 is 2.86 bits per heavy atom. The monoisotopic (exact) mass is 522 g/mol. The molecule has 0 spiro atoms. The number of hydrogen-bond acceptors (Lipinski definition) is 8. The van der Waals surface area contributed by atoms with Gasteiger partial charge in [0.25, 0.3) is 5.91 Å². The summed E-state index contributed by atoms with van der Waals surface area (Å²) in [5, 5.41) is 19.8. The van der Waals surface area contributed by atoms with E-state index in [0.717, 1.165) is 40.5 Å². The molecule has 0 aliphatic carbocycles. The molecule has 37 heavy (non-hydrogen) atoms. The fraction of sp³-hybridized carbons (Fsp3) is 0.440. The van der Waals surface area contributed by atoms with Crippen molar-refractivity contribution in [1.29, 1.82) is 0 Å². The van der Waals surface area contributed by atoms with Crippen LogP contribution in [0.5, 0.6) is 0 Å². The van der Waals surface area contributed by atoms with Crippen molar-refractivity contribution in [2.75, 3.05) is 30.9 Å². The van der Waals surface area contributed by atoms with E-state index < -0.39 is 8.07 Å². The van der Waals surface area contributed by atoms with E-state index >= 15 is 0 Å². The SMILES string of the molecule is CNc1cc2nn3c(cnc13)C(=O)N[C@H](C)COCc1cc(cc3c1cnn3COCC[Si](C)(C)C)N2. The zero-order valence-electron chi connectivity index (χ0n) is 22.0. The van der Waals surface area contributed by atoms with Crippen molar-refractivity contribution in [2.24, 2.45) is 0 Å². The standard InChI is InChI=1S/C25H34N8O3Si/c1-16-13-36-14-17-8-18(9-21-19(17)11-28-32(21)15-35-6-7-37(3,4)5)30-23-10-20(26-2)24-27-12-22(25(34)29-16)33(24)31-23/h8-12,16,26H,6-7,13-15H2,1-5H3,(H,29,34)(H,30,31)/t16-/m1/s1. The Balaban J connectivity index is 1.54. The molecule has 5 rings (SSSR count). The fourth-order valence-corrected chi connectivity index (χ4v) is 5.03. The molecule has 1 aliphatic rings. The molecule has 1 aliphatic heterocycles. The van der Waals surface area contributed by atoms with Crippen LogP contribution in [0.2, 0.25) is 25.7 Å². The predicted molar refractivity (Wildman–Crippen MR) is 146 cm³/mol. The zero-order valence-corrected chi connectivity index (χ0v) is 23.0. The minimum Gasteiger partial charge on any atom is -0.385 e. The third-order valence-electron chi connectivity index (χ3n) is 6.30. The molecule has 196 valence electrons. The van der Waals surface area contributed by atoms with Gasteiger partial charge < -0.3 is 25.4 Å². The summed E-state index contributed by atoms with van der Waals surface area (Å²) < 4.78 is 15.4. The second-order valence-corrected chi connectivity index (χ2v) is 16.3. The van der Waals surface area contributed by atoms with Gasteiger partial charge in [-0.25, -0.2) is 14.2 Å². The number of imidazole rings is 1. The fourth-order valence-electron chi connectivity index (χ4n) is 4.27. The molecule has 0 fully saturated rings. The number of ether oxygens (including phenoxy) is 2. The first-order valence-corrected chi connectivity index (χ1v) is 16.2. The van der Waals surface area contributed by atoms with Crippen LogP contribution >= 0.6 is 0 Å².